The van der Waals surface area contributed by atoms with E-state index in [9.17, 15) is 4.79 Å². The molecule has 0 unspecified atom stereocenters. The summed E-state index contributed by atoms with van der Waals surface area (Å²) in [5.74, 6) is -0.284. The molecule has 7 heteroatoms. The predicted molar refractivity (Wildman–Crippen MR) is 82.6 cm³/mol. The Morgan fingerprint density at radius 2 is 1.67 bits per heavy atom. The highest BCUT2D eigenvalue weighted by atomic mass is 35.5. The summed E-state index contributed by atoms with van der Waals surface area (Å²) in [7, 11) is 2.71. The van der Waals surface area contributed by atoms with E-state index in [0.717, 1.165) is 0 Å². The van der Waals surface area contributed by atoms with Gasteiger partial charge in [0.2, 0.25) is 0 Å². The normalized spacial score (nSPS) is 10.3. The van der Waals surface area contributed by atoms with Crippen LogP contribution in [0.25, 0.3) is 11.1 Å². The second-order valence-corrected chi connectivity index (χ2v) is 5.22. The lowest BCUT2D eigenvalue weighted by atomic mass is 10.0. The summed E-state index contributed by atoms with van der Waals surface area (Å²) in [4.78, 5) is 16.1. The molecule has 2 rings (SSSR count). The summed E-state index contributed by atoms with van der Waals surface area (Å²) in [6.07, 6.45) is 2.90. The minimum Gasteiger partial charge on any atom is -0.494 e. The molecule has 1 heterocycles. The summed E-state index contributed by atoms with van der Waals surface area (Å²) in [5, 5.41) is 0.972. The third-order valence-electron chi connectivity index (χ3n) is 2.82. The number of pyridine rings is 1. The van der Waals surface area contributed by atoms with Crippen molar-refractivity contribution < 1.29 is 14.3 Å². The first-order chi connectivity index (χ1) is 9.99. The molecule has 110 valence electrons. The van der Waals surface area contributed by atoms with Crippen molar-refractivity contribution in [3.8, 4) is 16.9 Å². The van der Waals surface area contributed by atoms with E-state index in [1.165, 1.54) is 32.7 Å². The maximum Gasteiger partial charge on any atom is 0.342 e. The Bertz CT molecular complexity index is 704. The van der Waals surface area contributed by atoms with E-state index in [2.05, 4.69) is 4.98 Å². The van der Waals surface area contributed by atoms with E-state index in [-0.39, 0.29) is 11.3 Å². The first kappa shape index (κ1) is 15.9. The Balaban J connectivity index is 2.75. The molecule has 0 aliphatic carbocycles. The fourth-order valence-electron chi connectivity index (χ4n) is 1.84. The molecule has 0 amide bonds. The molecule has 0 aliphatic rings. The fourth-order valence-corrected chi connectivity index (χ4v) is 2.49. The number of hydrogen-bond acceptors (Lipinski definition) is 4. The van der Waals surface area contributed by atoms with Gasteiger partial charge in [-0.05, 0) is 12.1 Å². The number of halogens is 3. The molecule has 0 bridgehead atoms. The number of carbonyl (C=O) groups excluding carboxylic acids is 1. The number of benzene rings is 1. The second-order valence-electron chi connectivity index (χ2n) is 4.00. The molecule has 4 nitrogen and oxygen atoms in total. The highest BCUT2D eigenvalue weighted by molar-refractivity contribution is 6.44. The number of ether oxygens (including phenoxy) is 2. The van der Waals surface area contributed by atoms with Crippen LogP contribution in [0.4, 0.5) is 0 Å². The lowest BCUT2D eigenvalue weighted by Crippen LogP contribution is -2.07. The second kappa shape index (κ2) is 6.52. The van der Waals surface area contributed by atoms with E-state index < -0.39 is 5.97 Å². The number of aromatic nitrogens is 1. The van der Waals surface area contributed by atoms with Crippen molar-refractivity contribution in [2.75, 3.05) is 14.2 Å². The Morgan fingerprint density at radius 3 is 2.29 bits per heavy atom. The Kier molecular flexibility index (Phi) is 4.93. The average molecular weight is 347 g/mol. The van der Waals surface area contributed by atoms with Crippen LogP contribution in [0.1, 0.15) is 10.4 Å². The molecule has 0 aliphatic heterocycles. The highest BCUT2D eigenvalue weighted by Gasteiger charge is 2.21. The number of esters is 1. The zero-order valence-corrected chi connectivity index (χ0v) is 13.4. The van der Waals surface area contributed by atoms with Gasteiger partial charge in [0.1, 0.15) is 5.56 Å². The maximum absolute atomic E-state index is 12.0. The van der Waals surface area contributed by atoms with Crippen molar-refractivity contribution in [1.29, 1.82) is 0 Å². The van der Waals surface area contributed by atoms with E-state index in [0.29, 0.717) is 26.2 Å². The standard InChI is InChI=1S/C14H10Cl3NO3/c1-20-12-6-18-5-8(13(12)14(19)21-2)7-3-10(16)11(17)4-9(7)15/h3-6H,1-2H3. The van der Waals surface area contributed by atoms with Gasteiger partial charge in [-0.15, -0.1) is 0 Å². The van der Waals surface area contributed by atoms with Gasteiger partial charge in [0.15, 0.2) is 5.75 Å². The van der Waals surface area contributed by atoms with Crippen LogP contribution in [-0.4, -0.2) is 25.2 Å². The van der Waals surface area contributed by atoms with Crippen LogP contribution in [0.5, 0.6) is 5.75 Å². The Labute approximate surface area is 136 Å². The van der Waals surface area contributed by atoms with Gasteiger partial charge in [0, 0.05) is 17.3 Å². The van der Waals surface area contributed by atoms with E-state index in [1.54, 1.807) is 6.07 Å². The van der Waals surface area contributed by atoms with E-state index >= 15 is 0 Å². The number of nitrogens with zero attached hydrogens (tertiary/aromatic N) is 1. The molecule has 0 radical (unpaired) electrons. The summed E-state index contributed by atoms with van der Waals surface area (Å²) in [5.41, 5.74) is 1.18. The van der Waals surface area contributed by atoms with Crippen LogP contribution < -0.4 is 4.74 Å². The van der Waals surface area contributed by atoms with Crippen molar-refractivity contribution in [3.63, 3.8) is 0 Å². The highest BCUT2D eigenvalue weighted by Crippen LogP contribution is 2.38. The average Bonchev–Trinajstić information content (AvgIpc) is 2.49. The van der Waals surface area contributed by atoms with Crippen LogP contribution in [0.15, 0.2) is 24.5 Å². The molecule has 0 fully saturated rings. The molecule has 0 saturated carbocycles. The van der Waals surface area contributed by atoms with Gasteiger partial charge in [-0.25, -0.2) is 4.79 Å². The van der Waals surface area contributed by atoms with Crippen LogP contribution in [0, 0.1) is 0 Å². The molecule has 21 heavy (non-hydrogen) atoms. The smallest absolute Gasteiger partial charge is 0.342 e. The van der Waals surface area contributed by atoms with Crippen LogP contribution >= 0.6 is 34.8 Å². The van der Waals surface area contributed by atoms with Gasteiger partial charge in [-0.1, -0.05) is 34.8 Å². The fraction of sp³-hybridized carbons (Fsp3) is 0.143. The molecule has 1 aromatic carbocycles. The van der Waals surface area contributed by atoms with Gasteiger partial charge < -0.3 is 9.47 Å². The van der Waals surface area contributed by atoms with Gasteiger partial charge >= 0.3 is 5.97 Å². The van der Waals surface area contributed by atoms with Gasteiger partial charge in [0.25, 0.3) is 0 Å². The molecule has 0 saturated heterocycles. The van der Waals surface area contributed by atoms with E-state index in [1.807, 2.05) is 0 Å². The number of hydrogen-bond donors (Lipinski definition) is 0. The predicted octanol–water partition coefficient (Wildman–Crippen LogP) is 4.50. The third-order valence-corrected chi connectivity index (χ3v) is 3.86. The maximum atomic E-state index is 12.0. The number of carbonyl (C=O) groups is 1. The van der Waals surface area contributed by atoms with Crippen LogP contribution in [-0.2, 0) is 4.74 Å². The van der Waals surface area contributed by atoms with Gasteiger partial charge in [-0.3, -0.25) is 4.98 Å². The molecular formula is C14H10Cl3NO3. The lowest BCUT2D eigenvalue weighted by molar-refractivity contribution is 0.0598. The zero-order valence-electron chi connectivity index (χ0n) is 11.1. The lowest BCUT2D eigenvalue weighted by Gasteiger charge is -2.13. The molecule has 1 aromatic heterocycles. The molecule has 2 aromatic rings. The minimum absolute atomic E-state index is 0.218. The topological polar surface area (TPSA) is 48.4 Å². The monoisotopic (exact) mass is 345 g/mol. The quantitative estimate of drug-likeness (QED) is 0.606. The van der Waals surface area contributed by atoms with Crippen LogP contribution in [0.3, 0.4) is 0 Å². The van der Waals surface area contributed by atoms with Crippen LogP contribution in [0.2, 0.25) is 15.1 Å². The van der Waals surface area contributed by atoms with Gasteiger partial charge in [0.05, 0.1) is 35.5 Å². The largest absolute Gasteiger partial charge is 0.494 e. The number of methoxy groups -OCH3 is 2. The van der Waals surface area contributed by atoms with Crippen molar-refractivity contribution in [2.24, 2.45) is 0 Å². The third kappa shape index (κ3) is 3.07. The number of rotatable bonds is 3. The SMILES string of the molecule is COC(=O)c1c(OC)cncc1-c1cc(Cl)c(Cl)cc1Cl. The van der Waals surface area contributed by atoms with Crippen molar-refractivity contribution in [2.45, 2.75) is 0 Å². The summed E-state index contributed by atoms with van der Waals surface area (Å²) in [6.45, 7) is 0. The zero-order chi connectivity index (χ0) is 15.6. The molecular weight excluding hydrogens is 337 g/mol. The molecule has 0 atom stereocenters. The molecule has 0 spiro atoms. The summed E-state index contributed by atoms with van der Waals surface area (Å²) >= 11 is 18.1. The minimum atomic E-state index is -0.564. The summed E-state index contributed by atoms with van der Waals surface area (Å²) < 4.78 is 9.94. The van der Waals surface area contributed by atoms with Crippen molar-refractivity contribution in [1.82, 2.24) is 4.98 Å². The van der Waals surface area contributed by atoms with Crippen molar-refractivity contribution >= 4 is 40.8 Å². The Hall–Kier alpha value is -1.49. The van der Waals surface area contributed by atoms with Gasteiger partial charge in [-0.2, -0.15) is 0 Å². The van der Waals surface area contributed by atoms with Crippen molar-refractivity contribution in [3.05, 3.63) is 45.2 Å². The first-order valence-electron chi connectivity index (χ1n) is 5.74. The van der Waals surface area contributed by atoms with E-state index in [4.69, 9.17) is 44.3 Å². The summed E-state index contributed by atoms with van der Waals surface area (Å²) in [6, 6.07) is 3.07. The molecule has 0 N–H and O–H groups in total. The Morgan fingerprint density at radius 1 is 1.00 bits per heavy atom. The first-order valence-corrected chi connectivity index (χ1v) is 6.88.